The van der Waals surface area contributed by atoms with Crippen LogP contribution in [0.1, 0.15) is 66.2 Å². The van der Waals surface area contributed by atoms with Crippen LogP contribution in [0, 0.1) is 35.4 Å². The number of aromatic carboxylic acids is 1. The van der Waals surface area contributed by atoms with Gasteiger partial charge in [-0.25, -0.2) is 24.3 Å². The number of rotatable bonds is 4. The fourth-order valence-corrected chi connectivity index (χ4v) is 6.29. The van der Waals surface area contributed by atoms with E-state index in [2.05, 4.69) is 14.3 Å². The number of hydrogen-bond acceptors (Lipinski definition) is 4. The van der Waals surface area contributed by atoms with Crippen molar-refractivity contribution in [1.82, 2.24) is 0 Å². The molecule has 2 fully saturated rings. The van der Waals surface area contributed by atoms with Gasteiger partial charge >= 0.3 is 5.54 Å². The minimum Gasteiger partial charge on any atom is -0.545 e. The van der Waals surface area contributed by atoms with Gasteiger partial charge in [-0.15, -0.1) is 0 Å². The molecule has 0 aromatic heterocycles. The van der Waals surface area contributed by atoms with Gasteiger partial charge in [-0.05, 0) is 46.9 Å². The van der Waals surface area contributed by atoms with Gasteiger partial charge in [-0.1, -0.05) is 19.9 Å². The zero-order valence-electron chi connectivity index (χ0n) is 23.4. The van der Waals surface area contributed by atoms with Crippen LogP contribution < -0.4 is 10.0 Å². The van der Waals surface area contributed by atoms with Crippen molar-refractivity contribution >= 4 is 22.9 Å². The predicted octanol–water partition coefficient (Wildman–Crippen LogP) is 4.78. The molecule has 4 aliphatic rings. The Balaban J connectivity index is 1.76. The van der Waals surface area contributed by atoms with Gasteiger partial charge in [0.15, 0.2) is 23.4 Å². The molecule has 0 radical (unpaired) electrons. The van der Waals surface area contributed by atoms with Gasteiger partial charge in [-0.3, -0.25) is 4.85 Å². The summed E-state index contributed by atoms with van der Waals surface area (Å²) in [6.45, 7) is 16.0. The summed E-state index contributed by atoms with van der Waals surface area (Å²) in [4.78, 5) is 17.7. The van der Waals surface area contributed by atoms with Crippen molar-refractivity contribution in [3.8, 4) is 6.07 Å². The molecule has 2 aromatic rings. The normalized spacial score (nSPS) is 19.9. The third-order valence-electron chi connectivity index (χ3n) is 9.04. The molecule has 2 heterocycles. The lowest BCUT2D eigenvalue weighted by molar-refractivity contribution is -0.582. The number of nitrogens with zero attached hydrogens (tertiary/aromatic N) is 4. The molecule has 2 aliphatic heterocycles. The van der Waals surface area contributed by atoms with Gasteiger partial charge in [0.05, 0.1) is 12.4 Å². The molecule has 6 nitrogen and oxygen atoms in total. The molecular weight excluding hydrogens is 541 g/mol. The molecule has 0 saturated carbocycles. The number of anilines is 1. The molecule has 0 amide bonds. The van der Waals surface area contributed by atoms with Crippen molar-refractivity contribution < 1.29 is 27.6 Å². The van der Waals surface area contributed by atoms with E-state index in [0.717, 1.165) is 68.5 Å². The minimum absolute atomic E-state index is 0.0479. The number of halogens is 3. The molecule has 212 valence electrons. The van der Waals surface area contributed by atoms with Crippen LogP contribution in [0.5, 0.6) is 0 Å². The molecule has 0 spiro atoms. The van der Waals surface area contributed by atoms with Crippen molar-refractivity contribution in [3.05, 3.63) is 104 Å². The van der Waals surface area contributed by atoms with Crippen molar-refractivity contribution in [2.75, 3.05) is 31.1 Å². The number of benzene rings is 2. The Hall–Kier alpha value is -4.63. The number of carbonyl (C=O) groups is 1. The summed E-state index contributed by atoms with van der Waals surface area (Å²) in [6, 6.07) is 7.16. The zero-order valence-corrected chi connectivity index (χ0v) is 23.4. The lowest BCUT2D eigenvalue weighted by Crippen LogP contribution is -2.38. The van der Waals surface area contributed by atoms with Gasteiger partial charge in [-0.2, -0.15) is 5.26 Å². The predicted molar refractivity (Wildman–Crippen MR) is 149 cm³/mol. The Morgan fingerprint density at radius 2 is 1.86 bits per heavy atom. The van der Waals surface area contributed by atoms with E-state index >= 15 is 13.2 Å². The first-order valence-corrected chi connectivity index (χ1v) is 13.8. The lowest BCUT2D eigenvalue weighted by Gasteiger charge is -2.41. The first-order chi connectivity index (χ1) is 19.9. The molecule has 1 unspecified atom stereocenters. The van der Waals surface area contributed by atoms with E-state index in [4.69, 9.17) is 6.57 Å². The van der Waals surface area contributed by atoms with E-state index in [-0.39, 0.29) is 5.57 Å². The van der Waals surface area contributed by atoms with Crippen molar-refractivity contribution in [3.63, 3.8) is 0 Å². The summed E-state index contributed by atoms with van der Waals surface area (Å²) in [5.41, 5.74) is -1.86. The standard InChI is InChI=1S/C33H27F3N4O2/c1-32(2)22-15-18(39-11-5-12-39)7-9-20(22)24(21-10-8-19(16-23(21)32)40-13-6-14-40)25-26(31(41)42)29(35)30(36)27(28(25)34)33(3,17-37)38-4/h7-10,15-16H,5-6,11-14H2,1-3H3. The molecule has 2 aliphatic carbocycles. The fraction of sp³-hybridized carbons (Fsp3) is 0.333. The summed E-state index contributed by atoms with van der Waals surface area (Å²) >= 11 is 0. The fourth-order valence-electron chi connectivity index (χ4n) is 6.29. The highest BCUT2D eigenvalue weighted by Gasteiger charge is 2.46. The molecule has 9 heteroatoms. The van der Waals surface area contributed by atoms with Crippen LogP contribution in [-0.4, -0.2) is 42.4 Å². The Bertz CT molecular complexity index is 1790. The van der Waals surface area contributed by atoms with Crippen molar-refractivity contribution in [2.24, 2.45) is 0 Å². The molecule has 6 rings (SSSR count). The summed E-state index contributed by atoms with van der Waals surface area (Å²) in [5.74, 6) is -7.35. The molecular formula is C33H27F3N4O2. The molecule has 0 N–H and O–H groups in total. The van der Waals surface area contributed by atoms with Gasteiger partial charge < -0.3 is 14.8 Å². The van der Waals surface area contributed by atoms with E-state index in [9.17, 15) is 15.2 Å². The van der Waals surface area contributed by atoms with Crippen LogP contribution >= 0.6 is 0 Å². The maximum Gasteiger partial charge on any atom is 0.343 e. The first-order valence-electron chi connectivity index (χ1n) is 13.8. The van der Waals surface area contributed by atoms with E-state index < -0.39 is 51.1 Å². The number of hydrogen-bond donors (Lipinski definition) is 0. The average molecular weight is 569 g/mol. The maximum atomic E-state index is 16.7. The summed E-state index contributed by atoms with van der Waals surface area (Å²) in [5, 5.41) is 22.1. The average Bonchev–Trinajstić information content (AvgIpc) is 2.90. The smallest absolute Gasteiger partial charge is 0.343 e. The highest BCUT2D eigenvalue weighted by Crippen LogP contribution is 2.52. The molecule has 42 heavy (non-hydrogen) atoms. The second kappa shape index (κ2) is 9.46. The monoisotopic (exact) mass is 568 g/mol. The Morgan fingerprint density at radius 1 is 1.14 bits per heavy atom. The quantitative estimate of drug-likeness (QED) is 0.302. The number of carboxylic acid groups (broad SMARTS) is 1. The molecule has 1 atom stereocenters. The topological polar surface area (TPSA) is 74.5 Å². The minimum atomic E-state index is -2.45. The summed E-state index contributed by atoms with van der Waals surface area (Å²) in [6.07, 6.45) is 7.70. The number of allylic oxidation sites excluding steroid dienone is 5. The van der Waals surface area contributed by atoms with Gasteiger partial charge in [0.2, 0.25) is 0 Å². The van der Waals surface area contributed by atoms with Gasteiger partial charge in [0, 0.05) is 60.0 Å². The zero-order chi connectivity index (χ0) is 30.1. The number of fused-ring (bicyclic) bond motifs is 2. The molecule has 2 aromatic carbocycles. The van der Waals surface area contributed by atoms with Crippen LogP contribution in [0.2, 0.25) is 0 Å². The second-order valence-corrected chi connectivity index (χ2v) is 11.8. The third-order valence-corrected chi connectivity index (χ3v) is 9.04. The number of nitriles is 1. The third kappa shape index (κ3) is 3.76. The maximum absolute atomic E-state index is 16.7. The van der Waals surface area contributed by atoms with E-state index in [1.165, 1.54) is 0 Å². The highest BCUT2D eigenvalue weighted by atomic mass is 19.2. The van der Waals surface area contributed by atoms with E-state index in [1.807, 2.05) is 38.1 Å². The summed E-state index contributed by atoms with van der Waals surface area (Å²) in [7, 11) is 0. The SMILES string of the molecule is [C-]#[N+]C(C)(C#N)c1c(F)c(F)c(C(=O)[O-])c(C2=C3C=CC(=[N+]4CCC4)C=C3C(C)(C)c3cc(N4CCC4)ccc32)c1F. The highest BCUT2D eigenvalue weighted by molar-refractivity contribution is 6.08. The molecule has 0 bridgehead atoms. The van der Waals surface area contributed by atoms with Crippen LogP contribution in [0.25, 0.3) is 10.4 Å². The van der Waals surface area contributed by atoms with Crippen LogP contribution in [-0.2, 0) is 11.0 Å². The van der Waals surface area contributed by atoms with Crippen LogP contribution in [0.3, 0.4) is 0 Å². The Labute approximate surface area is 241 Å². The van der Waals surface area contributed by atoms with Gasteiger partial charge in [0.25, 0.3) is 0 Å². The first kappa shape index (κ1) is 27.5. The van der Waals surface area contributed by atoms with Gasteiger partial charge in [0.1, 0.15) is 24.5 Å². The van der Waals surface area contributed by atoms with Crippen LogP contribution in [0.15, 0.2) is 47.6 Å². The van der Waals surface area contributed by atoms with Crippen molar-refractivity contribution in [2.45, 2.75) is 44.6 Å². The summed E-state index contributed by atoms with van der Waals surface area (Å²) < 4.78 is 49.9. The second-order valence-electron chi connectivity index (χ2n) is 11.8. The number of carboxylic acids is 1. The Morgan fingerprint density at radius 3 is 2.40 bits per heavy atom. The Kier molecular flexibility index (Phi) is 6.20. The largest absolute Gasteiger partial charge is 0.545 e. The van der Waals surface area contributed by atoms with E-state index in [0.29, 0.717) is 11.1 Å². The van der Waals surface area contributed by atoms with Crippen molar-refractivity contribution in [1.29, 1.82) is 5.26 Å². The van der Waals surface area contributed by atoms with Crippen LogP contribution in [0.4, 0.5) is 18.9 Å². The lowest BCUT2D eigenvalue weighted by atomic mass is 9.63. The molecule has 2 saturated heterocycles. The van der Waals surface area contributed by atoms with E-state index in [1.54, 1.807) is 18.2 Å². The number of carbonyl (C=O) groups excluding carboxylic acids is 1.